The van der Waals surface area contributed by atoms with Crippen LogP contribution in [0.1, 0.15) is 58.8 Å². The highest BCUT2D eigenvalue weighted by Gasteiger charge is 2.31. The van der Waals surface area contributed by atoms with E-state index in [0.717, 1.165) is 44.8 Å². The summed E-state index contributed by atoms with van der Waals surface area (Å²) in [5, 5.41) is 7.37. The molecule has 6 heteroatoms. The molecule has 1 saturated carbocycles. The van der Waals surface area contributed by atoms with Gasteiger partial charge in [-0.3, -0.25) is 14.8 Å². The molecule has 0 aromatic carbocycles. The third kappa shape index (κ3) is 5.83. The number of rotatable bonds is 8. The lowest BCUT2D eigenvalue weighted by atomic mass is 9.92. The number of ether oxygens (including phenoxy) is 1. The minimum Gasteiger partial charge on any atom is -0.379 e. The molecule has 2 aliphatic heterocycles. The Morgan fingerprint density at radius 1 is 1.07 bits per heavy atom. The monoisotopic (exact) mass is 393 g/mol. The lowest BCUT2D eigenvalue weighted by Crippen LogP contribution is -2.54. The van der Waals surface area contributed by atoms with Gasteiger partial charge in [-0.05, 0) is 25.2 Å². The predicted molar refractivity (Wildman–Crippen MR) is 117 cm³/mol. The second kappa shape index (κ2) is 11.4. The number of nitrogens with zero attached hydrogens (tertiary/aromatic N) is 3. The molecule has 2 unspecified atom stereocenters. The molecule has 2 heterocycles. The Balaban J connectivity index is 1.49. The second-order valence-corrected chi connectivity index (χ2v) is 8.81. The molecular weight excluding hydrogens is 350 g/mol. The highest BCUT2D eigenvalue weighted by atomic mass is 16.5. The van der Waals surface area contributed by atoms with Crippen LogP contribution in [0.15, 0.2) is 4.99 Å². The molecule has 6 nitrogen and oxygen atoms in total. The second-order valence-electron chi connectivity index (χ2n) is 8.81. The van der Waals surface area contributed by atoms with E-state index < -0.39 is 0 Å². The van der Waals surface area contributed by atoms with E-state index in [4.69, 9.17) is 4.74 Å². The number of likely N-dealkylation sites (tertiary alicyclic amines) is 1. The summed E-state index contributed by atoms with van der Waals surface area (Å²) in [5.74, 6) is 1.69. The molecule has 3 rings (SSSR count). The smallest absolute Gasteiger partial charge is 0.191 e. The van der Waals surface area contributed by atoms with Crippen LogP contribution in [0.2, 0.25) is 0 Å². The zero-order valence-electron chi connectivity index (χ0n) is 18.5. The normalized spacial score (nSPS) is 26.9. The van der Waals surface area contributed by atoms with Gasteiger partial charge in [-0.1, -0.05) is 39.5 Å². The number of aliphatic imine (C=N–C) groups is 1. The van der Waals surface area contributed by atoms with E-state index in [0.29, 0.717) is 18.0 Å². The van der Waals surface area contributed by atoms with Crippen molar-refractivity contribution in [3.8, 4) is 0 Å². The van der Waals surface area contributed by atoms with E-state index in [1.165, 1.54) is 58.0 Å². The number of hydrogen-bond donors (Lipinski definition) is 2. The van der Waals surface area contributed by atoms with E-state index >= 15 is 0 Å². The molecule has 0 aromatic rings. The largest absolute Gasteiger partial charge is 0.379 e. The van der Waals surface area contributed by atoms with Crippen molar-refractivity contribution in [2.75, 3.05) is 53.0 Å². The Morgan fingerprint density at radius 3 is 2.43 bits per heavy atom. The molecule has 0 radical (unpaired) electrons. The van der Waals surface area contributed by atoms with Crippen molar-refractivity contribution in [3.63, 3.8) is 0 Å². The molecule has 0 aromatic heterocycles. The number of nitrogens with one attached hydrogen (secondary N) is 2. The summed E-state index contributed by atoms with van der Waals surface area (Å²) in [5.41, 5.74) is 0. The van der Waals surface area contributed by atoms with Crippen molar-refractivity contribution in [3.05, 3.63) is 0 Å². The summed E-state index contributed by atoms with van der Waals surface area (Å²) < 4.78 is 5.58. The lowest BCUT2D eigenvalue weighted by Gasteiger charge is -2.39. The van der Waals surface area contributed by atoms with Gasteiger partial charge in [0.2, 0.25) is 0 Å². The molecule has 2 saturated heterocycles. The fourth-order valence-corrected chi connectivity index (χ4v) is 5.43. The summed E-state index contributed by atoms with van der Waals surface area (Å²) in [6.07, 6.45) is 9.32. The van der Waals surface area contributed by atoms with Gasteiger partial charge in [0.25, 0.3) is 0 Å². The van der Waals surface area contributed by atoms with Gasteiger partial charge in [0, 0.05) is 57.9 Å². The average Bonchev–Trinajstić information content (AvgIpc) is 3.42. The van der Waals surface area contributed by atoms with Crippen molar-refractivity contribution < 1.29 is 4.74 Å². The first kappa shape index (κ1) is 21.8. The topological polar surface area (TPSA) is 52.1 Å². The average molecular weight is 394 g/mol. The van der Waals surface area contributed by atoms with Crippen molar-refractivity contribution in [2.24, 2.45) is 10.9 Å². The van der Waals surface area contributed by atoms with Crippen LogP contribution in [-0.2, 0) is 4.74 Å². The maximum Gasteiger partial charge on any atom is 0.191 e. The zero-order valence-corrected chi connectivity index (χ0v) is 18.5. The van der Waals surface area contributed by atoms with Gasteiger partial charge in [0.1, 0.15) is 0 Å². The standard InChI is InChI=1S/C22H43N5O/c1-4-18(5-2)21(26-12-14-28-15-13-26)16-24-22(23-3)25-19-10-11-27(17-19)20-8-6-7-9-20/h18-21H,4-17H2,1-3H3,(H2,23,24,25). The van der Waals surface area contributed by atoms with Crippen LogP contribution in [0.25, 0.3) is 0 Å². The first-order valence-electron chi connectivity index (χ1n) is 11.8. The predicted octanol–water partition coefficient (Wildman–Crippen LogP) is 2.31. The zero-order chi connectivity index (χ0) is 19.8. The van der Waals surface area contributed by atoms with Gasteiger partial charge < -0.3 is 15.4 Å². The van der Waals surface area contributed by atoms with Crippen LogP contribution < -0.4 is 10.6 Å². The van der Waals surface area contributed by atoms with E-state index in [1.807, 2.05) is 7.05 Å². The highest BCUT2D eigenvalue weighted by molar-refractivity contribution is 5.80. The van der Waals surface area contributed by atoms with Crippen LogP contribution in [0, 0.1) is 5.92 Å². The Kier molecular flexibility index (Phi) is 8.87. The molecule has 28 heavy (non-hydrogen) atoms. The fraction of sp³-hybridized carbons (Fsp3) is 0.955. The Bertz CT molecular complexity index is 470. The quantitative estimate of drug-likeness (QED) is 0.490. The summed E-state index contributed by atoms with van der Waals surface area (Å²) >= 11 is 0. The Morgan fingerprint density at radius 2 is 1.79 bits per heavy atom. The van der Waals surface area contributed by atoms with Gasteiger partial charge >= 0.3 is 0 Å². The molecule has 3 aliphatic rings. The Hall–Kier alpha value is -0.850. The van der Waals surface area contributed by atoms with E-state index in [-0.39, 0.29) is 0 Å². The van der Waals surface area contributed by atoms with E-state index in [1.54, 1.807) is 0 Å². The molecule has 0 bridgehead atoms. The number of morpholine rings is 1. The SMILES string of the molecule is CCC(CC)C(CNC(=NC)NC1CCN(C2CCCC2)C1)N1CCOCC1. The molecule has 3 fully saturated rings. The van der Waals surface area contributed by atoms with Crippen LogP contribution in [-0.4, -0.2) is 86.9 Å². The van der Waals surface area contributed by atoms with Gasteiger partial charge in [0.15, 0.2) is 5.96 Å². The van der Waals surface area contributed by atoms with Crippen molar-refractivity contribution >= 4 is 5.96 Å². The van der Waals surface area contributed by atoms with E-state index in [2.05, 4.69) is 39.3 Å². The maximum atomic E-state index is 5.58. The molecule has 162 valence electrons. The summed E-state index contributed by atoms with van der Waals surface area (Å²) in [4.78, 5) is 9.87. The fourth-order valence-electron chi connectivity index (χ4n) is 5.43. The first-order valence-corrected chi connectivity index (χ1v) is 11.8. The van der Waals surface area contributed by atoms with Crippen LogP contribution in [0.5, 0.6) is 0 Å². The third-order valence-corrected chi connectivity index (χ3v) is 7.21. The van der Waals surface area contributed by atoms with Crippen LogP contribution >= 0.6 is 0 Å². The minimum absolute atomic E-state index is 0.529. The van der Waals surface area contributed by atoms with Gasteiger partial charge in [-0.25, -0.2) is 0 Å². The number of hydrogen-bond acceptors (Lipinski definition) is 4. The maximum absolute atomic E-state index is 5.58. The summed E-state index contributed by atoms with van der Waals surface area (Å²) in [7, 11) is 1.90. The van der Waals surface area contributed by atoms with Gasteiger partial charge in [-0.2, -0.15) is 0 Å². The molecule has 0 amide bonds. The van der Waals surface area contributed by atoms with Gasteiger partial charge in [0.05, 0.1) is 13.2 Å². The van der Waals surface area contributed by atoms with Crippen LogP contribution in [0.4, 0.5) is 0 Å². The molecule has 2 atom stereocenters. The van der Waals surface area contributed by atoms with Gasteiger partial charge in [-0.15, -0.1) is 0 Å². The third-order valence-electron chi connectivity index (χ3n) is 7.21. The molecule has 0 spiro atoms. The molecule has 1 aliphatic carbocycles. The lowest BCUT2D eigenvalue weighted by molar-refractivity contribution is 0.00271. The summed E-state index contributed by atoms with van der Waals surface area (Å²) in [6.45, 7) is 11.8. The Labute approximate surface area is 172 Å². The van der Waals surface area contributed by atoms with Crippen molar-refractivity contribution in [1.82, 2.24) is 20.4 Å². The summed E-state index contributed by atoms with van der Waals surface area (Å²) in [6, 6.07) is 1.92. The first-order chi connectivity index (χ1) is 13.7. The number of guanidine groups is 1. The van der Waals surface area contributed by atoms with E-state index in [9.17, 15) is 0 Å². The highest BCUT2D eigenvalue weighted by Crippen LogP contribution is 2.26. The molecular formula is C22H43N5O. The molecule has 2 N–H and O–H groups in total. The minimum atomic E-state index is 0.529. The van der Waals surface area contributed by atoms with Crippen LogP contribution in [0.3, 0.4) is 0 Å². The van der Waals surface area contributed by atoms with Crippen molar-refractivity contribution in [1.29, 1.82) is 0 Å². The van der Waals surface area contributed by atoms with Crippen molar-refractivity contribution in [2.45, 2.75) is 76.9 Å².